The van der Waals surface area contributed by atoms with Crippen LogP contribution in [0.15, 0.2) is 9.30 Å². The molecule has 2 aromatic heterocycles. The molecule has 7 heteroatoms. The summed E-state index contributed by atoms with van der Waals surface area (Å²) in [6.07, 6.45) is 0. The van der Waals surface area contributed by atoms with Crippen LogP contribution in [0.5, 0.6) is 0 Å². The molecule has 0 atom stereocenters. The number of rotatable bonds is 1. The standard InChI is InChI=1S/C6H5BrN4S2/c1-11-6(12)9-5(10-11)3-4(7)13-2-8-3/h2H,1H3,(H,9,10,12). The summed E-state index contributed by atoms with van der Waals surface area (Å²) in [6, 6.07) is 0. The van der Waals surface area contributed by atoms with Crippen molar-refractivity contribution in [2.24, 2.45) is 7.05 Å². The van der Waals surface area contributed by atoms with E-state index in [9.17, 15) is 0 Å². The first-order valence-corrected chi connectivity index (χ1v) is 5.49. The molecule has 1 N–H and O–H groups in total. The lowest BCUT2D eigenvalue weighted by molar-refractivity contribution is 0.755. The lowest BCUT2D eigenvalue weighted by atomic mass is 10.5. The smallest absolute Gasteiger partial charge is 0.216 e. The third-order valence-electron chi connectivity index (χ3n) is 1.52. The molecule has 0 aliphatic heterocycles. The van der Waals surface area contributed by atoms with Gasteiger partial charge in [-0.3, -0.25) is 9.78 Å². The molecule has 68 valence electrons. The van der Waals surface area contributed by atoms with Crippen LogP contribution < -0.4 is 0 Å². The highest BCUT2D eigenvalue weighted by Crippen LogP contribution is 2.27. The summed E-state index contributed by atoms with van der Waals surface area (Å²) in [4.78, 5) is 8.31. The maximum Gasteiger partial charge on any atom is 0.216 e. The van der Waals surface area contributed by atoms with E-state index < -0.39 is 0 Å². The molecule has 0 saturated heterocycles. The Morgan fingerprint density at radius 2 is 2.46 bits per heavy atom. The van der Waals surface area contributed by atoms with E-state index in [2.05, 4.69) is 31.0 Å². The Kier molecular flexibility index (Phi) is 2.31. The quantitative estimate of drug-likeness (QED) is 0.814. The van der Waals surface area contributed by atoms with E-state index in [0.717, 1.165) is 9.48 Å². The van der Waals surface area contributed by atoms with Gasteiger partial charge in [0, 0.05) is 7.05 Å². The van der Waals surface area contributed by atoms with Crippen LogP contribution in [0.25, 0.3) is 11.5 Å². The largest absolute Gasteiger partial charge is 0.278 e. The Labute approximate surface area is 91.8 Å². The average molecular weight is 277 g/mol. The van der Waals surface area contributed by atoms with Crippen LogP contribution in [0.2, 0.25) is 0 Å². The zero-order valence-corrected chi connectivity index (χ0v) is 9.83. The molecular formula is C6H5BrN4S2. The van der Waals surface area contributed by atoms with E-state index in [4.69, 9.17) is 12.2 Å². The first-order valence-electron chi connectivity index (χ1n) is 3.41. The number of aryl methyl sites for hydroxylation is 1. The molecule has 0 amide bonds. The van der Waals surface area contributed by atoms with Gasteiger partial charge >= 0.3 is 0 Å². The van der Waals surface area contributed by atoms with Gasteiger partial charge in [-0.2, -0.15) is 4.98 Å². The Morgan fingerprint density at radius 1 is 1.69 bits per heavy atom. The van der Waals surface area contributed by atoms with E-state index in [1.807, 2.05) is 7.05 Å². The summed E-state index contributed by atoms with van der Waals surface area (Å²) in [5.41, 5.74) is 2.56. The molecule has 4 nitrogen and oxygen atoms in total. The van der Waals surface area contributed by atoms with Gasteiger partial charge in [-0.05, 0) is 28.1 Å². The Bertz CT molecular complexity index is 483. The van der Waals surface area contributed by atoms with E-state index in [-0.39, 0.29) is 0 Å². The molecule has 0 fully saturated rings. The monoisotopic (exact) mass is 276 g/mol. The number of halogens is 1. The number of nitrogens with zero attached hydrogens (tertiary/aromatic N) is 3. The molecule has 0 radical (unpaired) electrons. The summed E-state index contributed by atoms with van der Waals surface area (Å²) in [7, 11) is 1.82. The minimum atomic E-state index is 0.523. The predicted molar refractivity (Wildman–Crippen MR) is 57.2 cm³/mol. The van der Waals surface area contributed by atoms with Crippen LogP contribution in [0.3, 0.4) is 0 Å². The number of nitrogens with one attached hydrogen (secondary N) is 1. The number of H-pyrrole nitrogens is 1. The fourth-order valence-electron chi connectivity index (χ4n) is 0.894. The average Bonchev–Trinajstić information content (AvgIpc) is 2.60. The van der Waals surface area contributed by atoms with Crippen molar-refractivity contribution in [3.63, 3.8) is 0 Å². The van der Waals surface area contributed by atoms with Crippen molar-refractivity contribution in [3.05, 3.63) is 14.1 Å². The van der Waals surface area contributed by atoms with Crippen molar-refractivity contribution < 1.29 is 0 Å². The van der Waals surface area contributed by atoms with Crippen LogP contribution in [-0.4, -0.2) is 19.7 Å². The van der Waals surface area contributed by atoms with E-state index >= 15 is 0 Å². The number of hydrogen-bond acceptors (Lipinski definition) is 4. The van der Waals surface area contributed by atoms with Crippen LogP contribution in [0.4, 0.5) is 0 Å². The highest BCUT2D eigenvalue weighted by Gasteiger charge is 2.09. The molecule has 2 heterocycles. The van der Waals surface area contributed by atoms with E-state index in [1.54, 1.807) is 10.2 Å². The maximum atomic E-state index is 4.97. The molecule has 0 aliphatic rings. The first-order chi connectivity index (χ1) is 6.18. The Morgan fingerprint density at radius 3 is 2.92 bits per heavy atom. The number of aromatic amines is 1. The molecule has 0 unspecified atom stereocenters. The SMILES string of the molecule is Cn1[nH]c(-c2ncsc2Br)nc1=S. The van der Waals surface area contributed by atoms with Gasteiger partial charge in [0.05, 0.1) is 5.51 Å². The molecule has 0 spiro atoms. The highest BCUT2D eigenvalue weighted by molar-refractivity contribution is 9.11. The zero-order valence-electron chi connectivity index (χ0n) is 6.61. The van der Waals surface area contributed by atoms with E-state index in [0.29, 0.717) is 10.6 Å². The van der Waals surface area contributed by atoms with E-state index in [1.165, 1.54) is 11.3 Å². The van der Waals surface area contributed by atoms with Gasteiger partial charge in [0.25, 0.3) is 0 Å². The third kappa shape index (κ3) is 1.59. The summed E-state index contributed by atoms with van der Waals surface area (Å²) in [5.74, 6) is 0.695. The third-order valence-corrected chi connectivity index (χ3v) is 3.43. The fraction of sp³-hybridized carbons (Fsp3) is 0.167. The van der Waals surface area contributed by atoms with Crippen molar-refractivity contribution in [1.29, 1.82) is 0 Å². The van der Waals surface area contributed by atoms with Crippen LogP contribution in [0.1, 0.15) is 0 Å². The van der Waals surface area contributed by atoms with Gasteiger partial charge in [0.1, 0.15) is 9.48 Å². The van der Waals surface area contributed by atoms with Crippen molar-refractivity contribution >= 4 is 39.5 Å². The molecule has 2 aromatic rings. The zero-order chi connectivity index (χ0) is 9.42. The molecule has 0 saturated carbocycles. The summed E-state index contributed by atoms with van der Waals surface area (Å²) in [5, 5.41) is 3.00. The van der Waals surface area contributed by atoms with Crippen LogP contribution in [-0.2, 0) is 7.05 Å². The molecular weight excluding hydrogens is 272 g/mol. The second kappa shape index (κ2) is 3.32. The number of aromatic nitrogens is 4. The predicted octanol–water partition coefficient (Wildman–Crippen LogP) is 2.36. The number of hydrogen-bond donors (Lipinski definition) is 1. The van der Waals surface area contributed by atoms with Crippen LogP contribution >= 0.6 is 39.5 Å². The second-order valence-corrected chi connectivity index (χ2v) is 4.93. The number of thiazole rings is 1. The normalized spacial score (nSPS) is 10.6. The lowest BCUT2D eigenvalue weighted by Gasteiger charge is -1.89. The van der Waals surface area contributed by atoms with Gasteiger partial charge in [-0.15, -0.1) is 11.3 Å². The minimum Gasteiger partial charge on any atom is -0.278 e. The lowest BCUT2D eigenvalue weighted by Crippen LogP contribution is -1.89. The topological polar surface area (TPSA) is 46.5 Å². The molecule has 0 aromatic carbocycles. The van der Waals surface area contributed by atoms with Crippen molar-refractivity contribution in [2.75, 3.05) is 0 Å². The maximum absolute atomic E-state index is 4.97. The van der Waals surface area contributed by atoms with Crippen molar-refractivity contribution in [2.45, 2.75) is 0 Å². The Hall–Kier alpha value is -0.530. The summed E-state index contributed by atoms with van der Waals surface area (Å²) < 4.78 is 3.16. The minimum absolute atomic E-state index is 0.523. The molecule has 0 bridgehead atoms. The summed E-state index contributed by atoms with van der Waals surface area (Å²) in [6.45, 7) is 0. The van der Waals surface area contributed by atoms with Crippen molar-refractivity contribution in [3.8, 4) is 11.5 Å². The van der Waals surface area contributed by atoms with Gasteiger partial charge in [0.15, 0.2) is 5.82 Å². The van der Waals surface area contributed by atoms with Gasteiger partial charge in [-0.1, -0.05) is 0 Å². The van der Waals surface area contributed by atoms with Gasteiger partial charge < -0.3 is 0 Å². The Balaban J connectivity index is 2.59. The fourth-order valence-corrected chi connectivity index (χ4v) is 2.08. The van der Waals surface area contributed by atoms with Gasteiger partial charge in [0.2, 0.25) is 4.77 Å². The van der Waals surface area contributed by atoms with Crippen molar-refractivity contribution in [1.82, 2.24) is 19.7 Å². The van der Waals surface area contributed by atoms with Gasteiger partial charge in [-0.25, -0.2) is 4.98 Å². The van der Waals surface area contributed by atoms with Crippen LogP contribution in [0, 0.1) is 4.77 Å². The molecule has 0 aliphatic carbocycles. The molecule has 2 rings (SSSR count). The first kappa shape index (κ1) is 9.04. The highest BCUT2D eigenvalue weighted by atomic mass is 79.9. The second-order valence-electron chi connectivity index (χ2n) is 2.39. The summed E-state index contributed by atoms with van der Waals surface area (Å²) >= 11 is 9.88. The molecule has 13 heavy (non-hydrogen) atoms.